The van der Waals surface area contributed by atoms with E-state index >= 15 is 0 Å². The van der Waals surface area contributed by atoms with Gasteiger partial charge in [-0.25, -0.2) is 0 Å². The molecule has 0 aliphatic carbocycles. The van der Waals surface area contributed by atoms with Crippen LogP contribution in [0.3, 0.4) is 0 Å². The quantitative estimate of drug-likeness (QED) is 0.445. The van der Waals surface area contributed by atoms with E-state index in [1.165, 1.54) is 0 Å². The molecule has 0 atom stereocenters. The van der Waals surface area contributed by atoms with Crippen molar-refractivity contribution in [3.63, 3.8) is 0 Å². The van der Waals surface area contributed by atoms with Gasteiger partial charge in [-0.1, -0.05) is 0 Å². The van der Waals surface area contributed by atoms with Crippen molar-refractivity contribution < 1.29 is 26.3 Å². The molecule has 10 heavy (non-hydrogen) atoms. The van der Waals surface area contributed by atoms with Crippen molar-refractivity contribution in [2.45, 2.75) is 11.8 Å². The van der Waals surface area contributed by atoms with Gasteiger partial charge in [0.05, 0.1) is 16.5 Å². The molecular weight excluding hydrogens is 200 g/mol. The molecule has 0 aromatic carbocycles. The number of halogens is 6. The van der Waals surface area contributed by atoms with E-state index in [2.05, 4.69) is 0 Å². The van der Waals surface area contributed by atoms with Crippen LogP contribution in [0.1, 0.15) is 0 Å². The van der Waals surface area contributed by atoms with Crippen LogP contribution in [0.5, 0.6) is 0 Å². The molecule has 0 aromatic heterocycles. The van der Waals surface area contributed by atoms with Crippen LogP contribution in [0.4, 0.5) is 26.3 Å². The van der Waals surface area contributed by atoms with Crippen molar-refractivity contribution in [3.05, 3.63) is 0 Å². The van der Waals surface area contributed by atoms with E-state index in [9.17, 15) is 26.3 Å². The van der Waals surface area contributed by atoms with Crippen LogP contribution < -0.4 is 0 Å². The summed E-state index contributed by atoms with van der Waals surface area (Å²) in [6, 6.07) is 0. The number of hydrogen-bond acceptors (Lipinski definition) is 0. The maximum absolute atomic E-state index is 11.1. The van der Waals surface area contributed by atoms with Gasteiger partial charge in [-0.15, -0.1) is 0 Å². The van der Waals surface area contributed by atoms with E-state index in [1.807, 2.05) is 0 Å². The average molecular weight is 200 g/mol. The summed E-state index contributed by atoms with van der Waals surface area (Å²) in [7, 11) is -3.17. The van der Waals surface area contributed by atoms with Gasteiger partial charge < -0.3 is 0 Å². The molecule has 0 aliphatic heterocycles. The monoisotopic (exact) mass is 200 g/mol. The highest BCUT2D eigenvalue weighted by atomic mass is 32.0. The minimum absolute atomic E-state index is 1.59. The Morgan fingerprint density at radius 1 is 0.600 bits per heavy atom. The molecule has 0 amide bonds. The number of rotatable bonds is 1. The van der Waals surface area contributed by atoms with Crippen molar-refractivity contribution >= 4 is 16.5 Å². The molecule has 0 aromatic rings. The lowest BCUT2D eigenvalue weighted by molar-refractivity contribution is -0.0423. The Hall–Kier alpha value is 0.440. The maximum atomic E-state index is 11.1. The lowest BCUT2D eigenvalue weighted by Gasteiger charge is -2.05. The lowest BCUT2D eigenvalue weighted by atomic mass is 11.6. The molecule has 0 unspecified atom stereocenters. The molecule has 60 valence electrons. The standard InChI is InChI=1S/C2F6P2/c3-1(4,5)9-10-2(6,7)8. The minimum Gasteiger partial charge on any atom is -0.166 e. The zero-order valence-corrected chi connectivity index (χ0v) is 5.95. The van der Waals surface area contributed by atoms with Crippen LogP contribution in [0.15, 0.2) is 0 Å². The summed E-state index contributed by atoms with van der Waals surface area (Å²) in [5.41, 5.74) is 0. The van der Waals surface area contributed by atoms with Gasteiger partial charge in [0.25, 0.3) is 0 Å². The van der Waals surface area contributed by atoms with Gasteiger partial charge in [0.15, 0.2) is 0 Å². The molecule has 0 saturated carbocycles. The first-order valence-corrected chi connectivity index (χ1v) is 4.28. The summed E-state index contributed by atoms with van der Waals surface area (Å²) in [5.74, 6) is -9.51. The Balaban J connectivity index is 3.56. The Morgan fingerprint density at radius 2 is 0.800 bits per heavy atom. The second kappa shape index (κ2) is 3.22. The lowest BCUT2D eigenvalue weighted by Crippen LogP contribution is -1.99. The zero-order chi connectivity index (χ0) is 8.41. The number of hydrogen-bond donors (Lipinski definition) is 0. The molecule has 0 rings (SSSR count). The summed E-state index contributed by atoms with van der Waals surface area (Å²) in [6.45, 7) is 0. The molecule has 0 nitrogen and oxygen atoms in total. The van der Waals surface area contributed by atoms with E-state index in [4.69, 9.17) is 0 Å². The molecular formula is C2F6P2. The van der Waals surface area contributed by atoms with Gasteiger partial charge in [0.1, 0.15) is 0 Å². The molecule has 0 spiro atoms. The average Bonchev–Trinajstić information content (AvgIpc) is 1.57. The molecule has 0 heterocycles. The SMILES string of the molecule is FC(F)(F)[P][P]C(F)(F)F. The van der Waals surface area contributed by atoms with Crippen LogP contribution >= 0.6 is 16.5 Å². The Labute approximate surface area is 55.8 Å². The smallest absolute Gasteiger partial charge is 0.166 e. The first-order valence-electron chi connectivity index (χ1n) is 1.78. The van der Waals surface area contributed by atoms with Gasteiger partial charge in [0, 0.05) is 0 Å². The second-order valence-corrected chi connectivity index (χ2v) is 3.75. The highest BCUT2D eigenvalue weighted by Gasteiger charge is 2.38. The van der Waals surface area contributed by atoms with Crippen LogP contribution in [0.2, 0.25) is 0 Å². The predicted octanol–water partition coefficient (Wildman–Crippen LogP) is 3.83. The highest BCUT2D eigenvalue weighted by molar-refractivity contribution is 8.12. The normalized spacial score (nSPS) is 16.2. The Morgan fingerprint density at radius 3 is 0.900 bits per heavy atom. The minimum atomic E-state index is -4.75. The maximum Gasteiger partial charge on any atom is 0.414 e. The molecule has 2 radical (unpaired) electrons. The molecule has 0 aliphatic rings. The summed E-state index contributed by atoms with van der Waals surface area (Å²) >= 11 is 0. The van der Waals surface area contributed by atoms with E-state index in [1.54, 1.807) is 0 Å². The highest BCUT2D eigenvalue weighted by Crippen LogP contribution is 2.58. The van der Waals surface area contributed by atoms with E-state index < -0.39 is 28.4 Å². The molecule has 0 N–H and O–H groups in total. The molecule has 8 heteroatoms. The van der Waals surface area contributed by atoms with Crippen LogP contribution in [-0.4, -0.2) is 11.8 Å². The first kappa shape index (κ1) is 10.4. The van der Waals surface area contributed by atoms with Crippen LogP contribution in [-0.2, 0) is 0 Å². The fourth-order valence-corrected chi connectivity index (χ4v) is 1.02. The van der Waals surface area contributed by atoms with Gasteiger partial charge in [-0.05, 0) is 0 Å². The first-order chi connectivity index (χ1) is 4.21. The second-order valence-electron chi connectivity index (χ2n) is 1.14. The zero-order valence-electron chi connectivity index (χ0n) is 4.16. The summed E-state index contributed by atoms with van der Waals surface area (Å²) < 4.78 is 66.4. The Bertz CT molecular complexity index is 87.3. The summed E-state index contributed by atoms with van der Waals surface area (Å²) in [4.78, 5) is 0. The third-order valence-corrected chi connectivity index (χ3v) is 2.49. The fraction of sp³-hybridized carbons (Fsp3) is 1.00. The third-order valence-electron chi connectivity index (χ3n) is 0.277. The predicted molar refractivity (Wildman–Crippen MR) is 25.9 cm³/mol. The van der Waals surface area contributed by atoms with Gasteiger partial charge in [-0.3, -0.25) is 0 Å². The summed E-state index contributed by atoms with van der Waals surface area (Å²) in [5, 5.41) is 0. The van der Waals surface area contributed by atoms with E-state index in [-0.39, 0.29) is 0 Å². The van der Waals surface area contributed by atoms with Crippen LogP contribution in [0.25, 0.3) is 0 Å². The fourth-order valence-electron chi connectivity index (χ4n) is 0.113. The Kier molecular flexibility index (Phi) is 3.37. The van der Waals surface area contributed by atoms with Crippen molar-refractivity contribution in [3.8, 4) is 0 Å². The van der Waals surface area contributed by atoms with Gasteiger partial charge in [-0.2, -0.15) is 26.3 Å². The van der Waals surface area contributed by atoms with Gasteiger partial charge >= 0.3 is 11.8 Å². The van der Waals surface area contributed by atoms with Gasteiger partial charge in [0.2, 0.25) is 0 Å². The van der Waals surface area contributed by atoms with Crippen molar-refractivity contribution in [2.24, 2.45) is 0 Å². The molecule has 0 saturated heterocycles. The van der Waals surface area contributed by atoms with Crippen molar-refractivity contribution in [1.82, 2.24) is 0 Å². The summed E-state index contributed by atoms with van der Waals surface area (Å²) in [6.07, 6.45) is 0. The third kappa shape index (κ3) is 8.44. The molecule has 0 fully saturated rings. The largest absolute Gasteiger partial charge is 0.414 e. The van der Waals surface area contributed by atoms with E-state index in [0.717, 1.165) is 0 Å². The van der Waals surface area contributed by atoms with Crippen LogP contribution in [0, 0.1) is 0 Å². The molecule has 0 bridgehead atoms. The van der Waals surface area contributed by atoms with Crippen molar-refractivity contribution in [2.75, 3.05) is 0 Å². The topological polar surface area (TPSA) is 0 Å². The number of alkyl halides is 6. The van der Waals surface area contributed by atoms with Crippen molar-refractivity contribution in [1.29, 1.82) is 0 Å². The van der Waals surface area contributed by atoms with E-state index in [0.29, 0.717) is 0 Å².